The van der Waals surface area contributed by atoms with Crippen molar-refractivity contribution in [1.82, 2.24) is 4.90 Å². The summed E-state index contributed by atoms with van der Waals surface area (Å²) in [5, 5.41) is 10.4. The number of aromatic hydroxyl groups is 1. The number of ketones is 1. The number of fused-ring (bicyclic) bond motifs is 1. The molecule has 1 aromatic carbocycles. The number of carbonyl (C=O) groups excluding carboxylic acids is 1. The van der Waals surface area contributed by atoms with Crippen LogP contribution < -0.4 is 4.74 Å². The Morgan fingerprint density at radius 2 is 2.15 bits per heavy atom. The Bertz CT molecular complexity index is 880. The van der Waals surface area contributed by atoms with Crippen LogP contribution in [0.1, 0.15) is 47.2 Å². The van der Waals surface area contributed by atoms with E-state index in [0.717, 1.165) is 25.3 Å². The average molecular weight is 353 g/mol. The van der Waals surface area contributed by atoms with Gasteiger partial charge in [0.05, 0.1) is 11.1 Å². The van der Waals surface area contributed by atoms with Crippen LogP contribution in [0, 0.1) is 12.8 Å². The molecule has 2 aromatic rings. The first-order valence-corrected chi connectivity index (χ1v) is 9.09. The first-order valence-electron chi connectivity index (χ1n) is 9.09. The highest BCUT2D eigenvalue weighted by molar-refractivity contribution is 6.14. The van der Waals surface area contributed by atoms with Crippen molar-refractivity contribution in [1.29, 1.82) is 0 Å². The smallest absolute Gasteiger partial charge is 0.232 e. The third-order valence-corrected chi connectivity index (χ3v) is 5.07. The zero-order valence-corrected chi connectivity index (χ0v) is 15.1. The highest BCUT2D eigenvalue weighted by Crippen LogP contribution is 2.40. The maximum absolute atomic E-state index is 12.7. The van der Waals surface area contributed by atoms with Crippen LogP contribution in [-0.2, 0) is 6.54 Å². The summed E-state index contributed by atoms with van der Waals surface area (Å²) in [6.07, 6.45) is 4.00. The second-order valence-corrected chi connectivity index (χ2v) is 7.31. The molecule has 136 valence electrons. The van der Waals surface area contributed by atoms with E-state index in [0.29, 0.717) is 35.1 Å². The zero-order valence-electron chi connectivity index (χ0n) is 15.1. The van der Waals surface area contributed by atoms with Gasteiger partial charge in [-0.3, -0.25) is 9.69 Å². The van der Waals surface area contributed by atoms with Crippen LogP contribution in [0.25, 0.3) is 6.08 Å². The molecule has 2 aliphatic heterocycles. The number of piperidine rings is 1. The molecule has 5 nitrogen and oxygen atoms in total. The highest BCUT2D eigenvalue weighted by Gasteiger charge is 2.32. The van der Waals surface area contributed by atoms with Gasteiger partial charge in [0.2, 0.25) is 5.78 Å². The minimum absolute atomic E-state index is 0.171. The van der Waals surface area contributed by atoms with Gasteiger partial charge in [-0.15, -0.1) is 0 Å². The molecule has 3 heterocycles. The van der Waals surface area contributed by atoms with Crippen molar-refractivity contribution in [3.63, 3.8) is 0 Å². The predicted molar refractivity (Wildman–Crippen MR) is 98.2 cm³/mol. The first-order chi connectivity index (χ1) is 12.5. The van der Waals surface area contributed by atoms with E-state index in [-0.39, 0.29) is 17.3 Å². The van der Waals surface area contributed by atoms with Gasteiger partial charge >= 0.3 is 0 Å². The monoisotopic (exact) mass is 353 g/mol. The van der Waals surface area contributed by atoms with E-state index in [1.165, 1.54) is 6.42 Å². The molecule has 0 saturated carbocycles. The fraction of sp³-hybridized carbons (Fsp3) is 0.381. The molecule has 0 spiro atoms. The summed E-state index contributed by atoms with van der Waals surface area (Å²) in [4.78, 5) is 15.0. The number of carbonyl (C=O) groups is 1. The van der Waals surface area contributed by atoms with Gasteiger partial charge in [0.1, 0.15) is 23.0 Å². The van der Waals surface area contributed by atoms with Gasteiger partial charge in [0.15, 0.2) is 5.76 Å². The number of phenolic OH excluding ortho intramolecular Hbond substituents is 1. The Labute approximate surface area is 152 Å². The number of allylic oxidation sites excluding steroid dienone is 1. The number of phenols is 1. The number of Topliss-reactive ketones (excluding diaryl/α,β-unsaturated/α-hetero) is 1. The Morgan fingerprint density at radius 3 is 2.88 bits per heavy atom. The minimum Gasteiger partial charge on any atom is -0.507 e. The fourth-order valence-corrected chi connectivity index (χ4v) is 3.76. The third kappa shape index (κ3) is 3.15. The van der Waals surface area contributed by atoms with Crippen molar-refractivity contribution < 1.29 is 19.1 Å². The van der Waals surface area contributed by atoms with Crippen molar-refractivity contribution in [3.05, 3.63) is 52.7 Å². The summed E-state index contributed by atoms with van der Waals surface area (Å²) in [7, 11) is 0. The van der Waals surface area contributed by atoms with Gasteiger partial charge < -0.3 is 14.3 Å². The van der Waals surface area contributed by atoms with E-state index < -0.39 is 0 Å². The lowest BCUT2D eigenvalue weighted by atomic mass is 9.99. The van der Waals surface area contributed by atoms with Crippen molar-refractivity contribution >= 4 is 11.9 Å². The van der Waals surface area contributed by atoms with Crippen molar-refractivity contribution in [2.45, 2.75) is 33.2 Å². The number of aryl methyl sites for hydroxylation is 1. The van der Waals surface area contributed by atoms with Gasteiger partial charge in [-0.05, 0) is 56.5 Å². The summed E-state index contributed by atoms with van der Waals surface area (Å²) >= 11 is 0. The quantitative estimate of drug-likeness (QED) is 0.840. The van der Waals surface area contributed by atoms with Crippen LogP contribution in [0.2, 0.25) is 0 Å². The Morgan fingerprint density at radius 1 is 1.31 bits per heavy atom. The summed E-state index contributed by atoms with van der Waals surface area (Å²) < 4.78 is 11.4. The standard InChI is InChI=1S/C21H23NO4/c1-13-4-3-9-22(11-13)12-17-18(23)8-7-16-20(24)19(26-21(16)17)10-15-6-5-14(2)25-15/h5-8,10,13,23H,3-4,9,11-12H2,1-2H3/t13-/m0/s1. The third-order valence-electron chi connectivity index (χ3n) is 5.07. The molecule has 1 N–H and O–H groups in total. The van der Waals surface area contributed by atoms with E-state index in [9.17, 15) is 9.90 Å². The van der Waals surface area contributed by atoms with Gasteiger partial charge in [0.25, 0.3) is 0 Å². The Kier molecular flexibility index (Phi) is 4.32. The van der Waals surface area contributed by atoms with Crippen molar-refractivity contribution in [3.8, 4) is 11.5 Å². The van der Waals surface area contributed by atoms with Crippen LogP contribution in [-0.4, -0.2) is 28.9 Å². The van der Waals surface area contributed by atoms with Crippen LogP contribution in [0.4, 0.5) is 0 Å². The molecule has 0 radical (unpaired) electrons. The minimum atomic E-state index is -0.178. The van der Waals surface area contributed by atoms with E-state index in [4.69, 9.17) is 9.15 Å². The number of likely N-dealkylation sites (tertiary alicyclic amines) is 1. The molecule has 0 bridgehead atoms. The topological polar surface area (TPSA) is 62.9 Å². The number of benzene rings is 1. The second kappa shape index (κ2) is 6.65. The molecule has 2 aliphatic rings. The van der Waals surface area contributed by atoms with Crippen LogP contribution >= 0.6 is 0 Å². The van der Waals surface area contributed by atoms with Crippen LogP contribution in [0.3, 0.4) is 0 Å². The molecule has 1 aromatic heterocycles. The molecule has 5 heteroatoms. The zero-order chi connectivity index (χ0) is 18.3. The number of nitrogens with zero attached hydrogens (tertiary/aromatic N) is 1. The van der Waals surface area contributed by atoms with E-state index in [1.54, 1.807) is 24.3 Å². The molecule has 1 saturated heterocycles. The summed E-state index contributed by atoms with van der Waals surface area (Å²) in [6, 6.07) is 6.86. The van der Waals surface area contributed by atoms with Crippen molar-refractivity contribution in [2.24, 2.45) is 5.92 Å². The Balaban J connectivity index is 1.64. The molecule has 4 rings (SSSR count). The largest absolute Gasteiger partial charge is 0.507 e. The maximum Gasteiger partial charge on any atom is 0.232 e. The first kappa shape index (κ1) is 16.9. The van der Waals surface area contributed by atoms with Crippen molar-refractivity contribution in [2.75, 3.05) is 13.1 Å². The molecule has 26 heavy (non-hydrogen) atoms. The molecule has 0 unspecified atom stereocenters. The SMILES string of the molecule is Cc1ccc(C=C2Oc3c(ccc(O)c3CN3CCC[C@H](C)C3)C2=O)o1. The average Bonchev–Trinajstić information content (AvgIpc) is 3.15. The summed E-state index contributed by atoms with van der Waals surface area (Å²) in [6.45, 7) is 6.67. The molecule has 0 aliphatic carbocycles. The lowest BCUT2D eigenvalue weighted by molar-refractivity contribution is 0.101. The molecular weight excluding hydrogens is 330 g/mol. The molecule has 0 amide bonds. The second-order valence-electron chi connectivity index (χ2n) is 7.31. The number of ether oxygens (including phenoxy) is 1. The van der Waals surface area contributed by atoms with E-state index >= 15 is 0 Å². The fourth-order valence-electron chi connectivity index (χ4n) is 3.76. The Hall–Kier alpha value is -2.53. The number of furan rings is 1. The normalized spacial score (nSPS) is 21.8. The number of hydrogen-bond donors (Lipinski definition) is 1. The molecule has 1 fully saturated rings. The van der Waals surface area contributed by atoms with Gasteiger partial charge in [-0.1, -0.05) is 6.92 Å². The summed E-state index contributed by atoms with van der Waals surface area (Å²) in [5.74, 6) is 2.69. The molecular formula is C21H23NO4. The predicted octanol–water partition coefficient (Wildman–Crippen LogP) is 4.14. The van der Waals surface area contributed by atoms with Gasteiger partial charge in [0, 0.05) is 19.2 Å². The number of hydrogen-bond acceptors (Lipinski definition) is 5. The van der Waals surface area contributed by atoms with Crippen LogP contribution in [0.15, 0.2) is 34.4 Å². The molecule has 1 atom stereocenters. The lowest BCUT2D eigenvalue weighted by Crippen LogP contribution is -2.33. The summed E-state index contributed by atoms with van der Waals surface area (Å²) in [5.41, 5.74) is 1.18. The highest BCUT2D eigenvalue weighted by atomic mass is 16.5. The van der Waals surface area contributed by atoms with E-state index in [1.807, 2.05) is 13.0 Å². The van der Waals surface area contributed by atoms with Crippen LogP contribution in [0.5, 0.6) is 11.5 Å². The van der Waals surface area contributed by atoms with Gasteiger partial charge in [-0.2, -0.15) is 0 Å². The number of rotatable bonds is 3. The lowest BCUT2D eigenvalue weighted by Gasteiger charge is -2.31. The van der Waals surface area contributed by atoms with Gasteiger partial charge in [-0.25, -0.2) is 0 Å². The maximum atomic E-state index is 12.7. The van der Waals surface area contributed by atoms with E-state index in [2.05, 4.69) is 11.8 Å².